The molecule has 1 unspecified atom stereocenters. The van der Waals surface area contributed by atoms with Crippen LogP contribution in [0.25, 0.3) is 0 Å². The number of rotatable bonds is 8. The van der Waals surface area contributed by atoms with E-state index in [1.807, 2.05) is 6.07 Å². The fraction of sp³-hybridized carbons (Fsp3) is 0.429. The van der Waals surface area contributed by atoms with E-state index in [9.17, 15) is 9.50 Å². The molecule has 0 amide bonds. The van der Waals surface area contributed by atoms with Crippen LogP contribution in [0.3, 0.4) is 0 Å². The molecule has 1 N–H and O–H groups in total. The molecular formula is C21H28ClFN2O2. The van der Waals surface area contributed by atoms with Crippen LogP contribution in [0.4, 0.5) is 4.39 Å². The Hall–Kier alpha value is -1.50. The van der Waals surface area contributed by atoms with Crippen LogP contribution < -0.4 is 0 Å². The van der Waals surface area contributed by atoms with Crippen LogP contribution >= 0.6 is 12.4 Å². The Morgan fingerprint density at radius 2 is 1.56 bits per heavy atom. The first-order valence-corrected chi connectivity index (χ1v) is 9.18. The maximum atomic E-state index is 13.5. The zero-order valence-electron chi connectivity index (χ0n) is 15.5. The summed E-state index contributed by atoms with van der Waals surface area (Å²) in [6.07, 6.45) is -0.553. The average molecular weight is 395 g/mol. The van der Waals surface area contributed by atoms with Gasteiger partial charge in [0.15, 0.2) is 0 Å². The van der Waals surface area contributed by atoms with Crippen molar-refractivity contribution >= 4 is 12.4 Å². The van der Waals surface area contributed by atoms with E-state index >= 15 is 0 Å². The number of piperazine rings is 1. The number of aliphatic hydroxyl groups excluding tert-OH is 1. The van der Waals surface area contributed by atoms with E-state index < -0.39 is 6.10 Å². The van der Waals surface area contributed by atoms with Crippen molar-refractivity contribution in [3.05, 3.63) is 71.5 Å². The molecule has 1 saturated heterocycles. The van der Waals surface area contributed by atoms with Crippen LogP contribution in [0.15, 0.2) is 54.6 Å². The lowest BCUT2D eigenvalue weighted by atomic mass is 10.2. The SMILES string of the molecule is Cl.OC(COCc1ccccc1F)CN1CCN(Cc2ccccc2)CC1. The van der Waals surface area contributed by atoms with Crippen molar-refractivity contribution in [3.8, 4) is 0 Å². The summed E-state index contributed by atoms with van der Waals surface area (Å²) in [7, 11) is 0. The van der Waals surface area contributed by atoms with Crippen molar-refractivity contribution in [1.82, 2.24) is 9.80 Å². The Labute approximate surface area is 167 Å². The summed E-state index contributed by atoms with van der Waals surface area (Å²) in [5.74, 6) is -0.267. The first-order valence-electron chi connectivity index (χ1n) is 9.18. The monoisotopic (exact) mass is 394 g/mol. The minimum absolute atomic E-state index is 0. The van der Waals surface area contributed by atoms with Crippen LogP contribution in [0.5, 0.6) is 0 Å². The van der Waals surface area contributed by atoms with Crippen LogP contribution in [-0.4, -0.2) is 60.3 Å². The van der Waals surface area contributed by atoms with Gasteiger partial charge in [0.1, 0.15) is 5.82 Å². The third-order valence-corrected chi connectivity index (χ3v) is 4.71. The first kappa shape index (κ1) is 21.8. The lowest BCUT2D eigenvalue weighted by Gasteiger charge is -2.35. The highest BCUT2D eigenvalue weighted by molar-refractivity contribution is 5.85. The smallest absolute Gasteiger partial charge is 0.128 e. The summed E-state index contributed by atoms with van der Waals surface area (Å²) in [4.78, 5) is 4.70. The highest BCUT2D eigenvalue weighted by Gasteiger charge is 2.19. The van der Waals surface area contributed by atoms with Gasteiger partial charge in [-0.1, -0.05) is 48.5 Å². The number of β-amino-alcohol motifs (C(OH)–C–C–N with tert-alkyl or cyclic N) is 1. The fourth-order valence-electron chi connectivity index (χ4n) is 3.24. The summed E-state index contributed by atoms with van der Waals surface area (Å²) in [6.45, 7) is 5.86. The van der Waals surface area contributed by atoms with Crippen molar-refractivity contribution in [1.29, 1.82) is 0 Å². The van der Waals surface area contributed by atoms with Crippen LogP contribution in [0, 0.1) is 5.82 Å². The van der Waals surface area contributed by atoms with Gasteiger partial charge in [0.25, 0.3) is 0 Å². The summed E-state index contributed by atoms with van der Waals surface area (Å²) < 4.78 is 19.0. The van der Waals surface area contributed by atoms with Gasteiger partial charge in [-0.25, -0.2) is 4.39 Å². The van der Waals surface area contributed by atoms with Gasteiger partial charge >= 0.3 is 0 Å². The summed E-state index contributed by atoms with van der Waals surface area (Å²) in [5.41, 5.74) is 1.86. The number of nitrogens with zero attached hydrogens (tertiary/aromatic N) is 2. The zero-order chi connectivity index (χ0) is 18.2. The van der Waals surface area contributed by atoms with Gasteiger partial charge in [0, 0.05) is 44.8 Å². The second-order valence-electron chi connectivity index (χ2n) is 6.82. The van der Waals surface area contributed by atoms with E-state index in [1.165, 1.54) is 11.6 Å². The van der Waals surface area contributed by atoms with Crippen molar-refractivity contribution in [2.45, 2.75) is 19.3 Å². The van der Waals surface area contributed by atoms with Gasteiger partial charge < -0.3 is 9.84 Å². The highest BCUT2D eigenvalue weighted by Crippen LogP contribution is 2.10. The van der Waals surface area contributed by atoms with Crippen molar-refractivity contribution in [3.63, 3.8) is 0 Å². The minimum atomic E-state index is -0.553. The van der Waals surface area contributed by atoms with E-state index in [-0.39, 0.29) is 31.4 Å². The molecule has 2 aromatic carbocycles. The van der Waals surface area contributed by atoms with Crippen molar-refractivity contribution in [2.75, 3.05) is 39.3 Å². The molecule has 0 aromatic heterocycles. The summed E-state index contributed by atoms with van der Waals surface area (Å²) in [5, 5.41) is 10.2. The fourth-order valence-corrected chi connectivity index (χ4v) is 3.24. The van der Waals surface area contributed by atoms with E-state index in [1.54, 1.807) is 18.2 Å². The largest absolute Gasteiger partial charge is 0.389 e. The van der Waals surface area contributed by atoms with Crippen LogP contribution in [-0.2, 0) is 17.9 Å². The third-order valence-electron chi connectivity index (χ3n) is 4.71. The predicted molar refractivity (Wildman–Crippen MR) is 107 cm³/mol. The quantitative estimate of drug-likeness (QED) is 0.746. The molecule has 148 valence electrons. The Bertz CT molecular complexity index is 666. The molecule has 1 heterocycles. The van der Waals surface area contributed by atoms with E-state index in [4.69, 9.17) is 4.74 Å². The zero-order valence-corrected chi connectivity index (χ0v) is 16.3. The Morgan fingerprint density at radius 1 is 0.926 bits per heavy atom. The molecule has 0 bridgehead atoms. The molecule has 3 rings (SSSR count). The number of hydrogen-bond acceptors (Lipinski definition) is 4. The molecule has 2 aromatic rings. The van der Waals surface area contributed by atoms with Gasteiger partial charge in [0.05, 0.1) is 19.3 Å². The number of halogens is 2. The average Bonchev–Trinajstić information content (AvgIpc) is 2.66. The van der Waals surface area contributed by atoms with Gasteiger partial charge in [-0.05, 0) is 11.6 Å². The molecule has 1 atom stereocenters. The van der Waals surface area contributed by atoms with Crippen LogP contribution in [0.1, 0.15) is 11.1 Å². The Kier molecular flexibility index (Phi) is 9.18. The van der Waals surface area contributed by atoms with Gasteiger partial charge in [-0.3, -0.25) is 9.80 Å². The number of benzene rings is 2. The van der Waals surface area contributed by atoms with E-state index in [0.29, 0.717) is 12.1 Å². The lowest BCUT2D eigenvalue weighted by Crippen LogP contribution is -2.48. The normalized spacial score (nSPS) is 16.7. The van der Waals surface area contributed by atoms with E-state index in [2.05, 4.69) is 34.1 Å². The second-order valence-corrected chi connectivity index (χ2v) is 6.82. The second kappa shape index (κ2) is 11.4. The van der Waals surface area contributed by atoms with E-state index in [0.717, 1.165) is 32.7 Å². The number of aliphatic hydroxyl groups is 1. The lowest BCUT2D eigenvalue weighted by molar-refractivity contribution is 0.000255. The molecule has 1 fully saturated rings. The minimum Gasteiger partial charge on any atom is -0.389 e. The van der Waals surface area contributed by atoms with Crippen molar-refractivity contribution < 1.29 is 14.2 Å². The van der Waals surface area contributed by atoms with Crippen molar-refractivity contribution in [2.24, 2.45) is 0 Å². The number of hydrogen-bond donors (Lipinski definition) is 1. The molecule has 0 spiro atoms. The summed E-state index contributed by atoms with van der Waals surface area (Å²) >= 11 is 0. The van der Waals surface area contributed by atoms with Gasteiger partial charge in [-0.15, -0.1) is 12.4 Å². The molecule has 27 heavy (non-hydrogen) atoms. The molecule has 6 heteroatoms. The topological polar surface area (TPSA) is 35.9 Å². The molecular weight excluding hydrogens is 367 g/mol. The first-order chi connectivity index (χ1) is 12.7. The Balaban J connectivity index is 0.00000261. The highest BCUT2D eigenvalue weighted by atomic mass is 35.5. The summed E-state index contributed by atoms with van der Waals surface area (Å²) in [6, 6.07) is 17.1. The molecule has 0 radical (unpaired) electrons. The van der Waals surface area contributed by atoms with Gasteiger partial charge in [-0.2, -0.15) is 0 Å². The predicted octanol–water partition coefficient (Wildman–Crippen LogP) is 2.94. The Morgan fingerprint density at radius 3 is 2.26 bits per heavy atom. The third kappa shape index (κ3) is 7.20. The van der Waals surface area contributed by atoms with Crippen LogP contribution in [0.2, 0.25) is 0 Å². The van der Waals surface area contributed by atoms with Gasteiger partial charge in [0.2, 0.25) is 0 Å². The molecule has 1 aliphatic rings. The molecule has 4 nitrogen and oxygen atoms in total. The maximum absolute atomic E-state index is 13.5. The molecule has 1 aliphatic heterocycles. The standard InChI is InChI=1S/C21H27FN2O2.ClH/c22-21-9-5-4-8-19(21)16-26-17-20(25)15-24-12-10-23(11-13-24)14-18-6-2-1-3-7-18;/h1-9,20,25H,10-17H2;1H. The maximum Gasteiger partial charge on any atom is 0.128 e. The molecule has 0 saturated carbocycles. The number of ether oxygens (including phenoxy) is 1. The molecule has 0 aliphatic carbocycles.